The number of aliphatic hydroxyl groups excluding tert-OH is 1. The molecule has 1 heteroatoms. The Bertz CT molecular complexity index is 348. The standard InChI is InChI=1S/C17H26O/c18-13-6-9-15-12(10-13)5-8-16-14-3-1-2-11(14)4-7-17(15)16/h1-2,11-18H,3-10H2. The van der Waals surface area contributed by atoms with E-state index in [1.54, 1.807) is 0 Å². The van der Waals surface area contributed by atoms with Crippen molar-refractivity contribution in [2.24, 2.45) is 35.5 Å². The number of aliphatic hydroxyl groups is 1. The molecule has 0 aromatic heterocycles. The van der Waals surface area contributed by atoms with Crippen LogP contribution in [-0.2, 0) is 0 Å². The topological polar surface area (TPSA) is 20.2 Å². The van der Waals surface area contributed by atoms with Crippen molar-refractivity contribution in [3.8, 4) is 0 Å². The van der Waals surface area contributed by atoms with Crippen molar-refractivity contribution in [1.82, 2.24) is 0 Å². The van der Waals surface area contributed by atoms with Gasteiger partial charge in [-0.2, -0.15) is 0 Å². The van der Waals surface area contributed by atoms with E-state index in [1.165, 1.54) is 38.5 Å². The van der Waals surface area contributed by atoms with Gasteiger partial charge in [-0.25, -0.2) is 0 Å². The molecule has 4 rings (SSSR count). The number of hydrogen-bond acceptors (Lipinski definition) is 1. The van der Waals surface area contributed by atoms with E-state index in [9.17, 15) is 5.11 Å². The van der Waals surface area contributed by atoms with Crippen molar-refractivity contribution in [2.45, 2.75) is 57.5 Å². The summed E-state index contributed by atoms with van der Waals surface area (Å²) in [5, 5.41) is 9.88. The van der Waals surface area contributed by atoms with Crippen LogP contribution in [0.1, 0.15) is 51.4 Å². The fraction of sp³-hybridized carbons (Fsp3) is 0.882. The normalized spacial score (nSPS) is 54.6. The van der Waals surface area contributed by atoms with Crippen LogP contribution in [0.5, 0.6) is 0 Å². The zero-order chi connectivity index (χ0) is 12.1. The molecular formula is C17H26O. The zero-order valence-electron chi connectivity index (χ0n) is 11.3. The van der Waals surface area contributed by atoms with Crippen LogP contribution < -0.4 is 0 Å². The van der Waals surface area contributed by atoms with E-state index in [-0.39, 0.29) is 6.10 Å². The zero-order valence-corrected chi connectivity index (χ0v) is 11.3. The van der Waals surface area contributed by atoms with Gasteiger partial charge in [0.1, 0.15) is 0 Å². The Morgan fingerprint density at radius 2 is 1.56 bits per heavy atom. The van der Waals surface area contributed by atoms with Crippen molar-refractivity contribution in [2.75, 3.05) is 0 Å². The lowest BCUT2D eigenvalue weighted by molar-refractivity contribution is -0.0427. The Morgan fingerprint density at radius 3 is 2.50 bits per heavy atom. The van der Waals surface area contributed by atoms with Crippen molar-refractivity contribution in [3.05, 3.63) is 12.2 Å². The molecule has 0 amide bonds. The second-order valence-corrected chi connectivity index (χ2v) is 7.36. The predicted octanol–water partition coefficient (Wildman–Crippen LogP) is 3.78. The molecule has 3 fully saturated rings. The van der Waals surface area contributed by atoms with E-state index in [4.69, 9.17) is 0 Å². The maximum Gasteiger partial charge on any atom is 0.0543 e. The van der Waals surface area contributed by atoms with Gasteiger partial charge in [-0.1, -0.05) is 12.2 Å². The minimum absolute atomic E-state index is 0.0206. The van der Waals surface area contributed by atoms with Crippen LogP contribution >= 0.6 is 0 Å². The molecule has 0 aliphatic heterocycles. The van der Waals surface area contributed by atoms with Gasteiger partial charge in [0.15, 0.2) is 0 Å². The first-order chi connectivity index (χ1) is 8.83. The summed E-state index contributed by atoms with van der Waals surface area (Å²) in [5.41, 5.74) is 0. The van der Waals surface area contributed by atoms with Crippen LogP contribution in [0, 0.1) is 35.5 Å². The molecule has 0 aromatic carbocycles. The Kier molecular flexibility index (Phi) is 2.80. The first kappa shape index (κ1) is 11.5. The van der Waals surface area contributed by atoms with Gasteiger partial charge < -0.3 is 5.11 Å². The lowest BCUT2D eigenvalue weighted by atomic mass is 9.53. The molecule has 3 saturated carbocycles. The summed E-state index contributed by atoms with van der Waals surface area (Å²) in [6, 6.07) is 0. The Balaban J connectivity index is 1.54. The largest absolute Gasteiger partial charge is 0.393 e. The van der Waals surface area contributed by atoms with E-state index in [0.717, 1.165) is 48.3 Å². The van der Waals surface area contributed by atoms with Crippen molar-refractivity contribution in [3.63, 3.8) is 0 Å². The summed E-state index contributed by atoms with van der Waals surface area (Å²) < 4.78 is 0. The Morgan fingerprint density at radius 1 is 0.778 bits per heavy atom. The molecule has 1 nitrogen and oxygen atoms in total. The lowest BCUT2D eigenvalue weighted by Crippen LogP contribution is -2.45. The van der Waals surface area contributed by atoms with Gasteiger partial charge in [0, 0.05) is 0 Å². The van der Waals surface area contributed by atoms with Gasteiger partial charge in [-0.05, 0) is 86.9 Å². The monoisotopic (exact) mass is 246 g/mol. The third-order valence-electron chi connectivity index (χ3n) is 6.71. The highest BCUT2D eigenvalue weighted by atomic mass is 16.3. The summed E-state index contributed by atoms with van der Waals surface area (Å²) in [4.78, 5) is 0. The molecule has 0 spiro atoms. The van der Waals surface area contributed by atoms with Gasteiger partial charge in [-0.3, -0.25) is 0 Å². The van der Waals surface area contributed by atoms with E-state index in [0.29, 0.717) is 0 Å². The van der Waals surface area contributed by atoms with Crippen LogP contribution in [0.3, 0.4) is 0 Å². The second-order valence-electron chi connectivity index (χ2n) is 7.36. The number of rotatable bonds is 0. The maximum atomic E-state index is 9.88. The first-order valence-electron chi connectivity index (χ1n) is 8.17. The average molecular weight is 246 g/mol. The van der Waals surface area contributed by atoms with Crippen molar-refractivity contribution in [1.29, 1.82) is 0 Å². The summed E-state index contributed by atoms with van der Waals surface area (Å²) in [6.45, 7) is 0. The molecule has 100 valence electrons. The first-order valence-corrected chi connectivity index (χ1v) is 8.17. The fourth-order valence-corrected chi connectivity index (χ4v) is 5.97. The smallest absolute Gasteiger partial charge is 0.0543 e. The molecular weight excluding hydrogens is 220 g/mol. The molecule has 0 saturated heterocycles. The molecule has 4 aliphatic carbocycles. The quantitative estimate of drug-likeness (QED) is 0.645. The van der Waals surface area contributed by atoms with E-state index in [1.807, 2.05) is 0 Å². The highest BCUT2D eigenvalue weighted by Gasteiger charge is 2.48. The number of hydrogen-bond donors (Lipinski definition) is 1. The highest BCUT2D eigenvalue weighted by Crippen LogP contribution is 2.56. The van der Waals surface area contributed by atoms with Gasteiger partial charge in [0.25, 0.3) is 0 Å². The van der Waals surface area contributed by atoms with Crippen molar-refractivity contribution >= 4 is 0 Å². The van der Waals surface area contributed by atoms with Crippen LogP contribution in [0.25, 0.3) is 0 Å². The van der Waals surface area contributed by atoms with E-state index >= 15 is 0 Å². The predicted molar refractivity (Wildman–Crippen MR) is 73.0 cm³/mol. The molecule has 1 N–H and O–H groups in total. The molecule has 0 radical (unpaired) electrons. The van der Waals surface area contributed by atoms with Gasteiger partial charge in [0.05, 0.1) is 6.10 Å². The molecule has 7 atom stereocenters. The summed E-state index contributed by atoms with van der Waals surface area (Å²) in [5.74, 6) is 5.79. The SMILES string of the molecule is OC1CCC2C(CCC3C4CC=CC4CCC23)C1. The van der Waals surface area contributed by atoms with Crippen LogP contribution in [0.2, 0.25) is 0 Å². The van der Waals surface area contributed by atoms with Crippen LogP contribution in [-0.4, -0.2) is 11.2 Å². The van der Waals surface area contributed by atoms with E-state index < -0.39 is 0 Å². The molecule has 18 heavy (non-hydrogen) atoms. The van der Waals surface area contributed by atoms with E-state index in [2.05, 4.69) is 12.2 Å². The molecule has 7 unspecified atom stereocenters. The van der Waals surface area contributed by atoms with Gasteiger partial charge in [0.2, 0.25) is 0 Å². The third kappa shape index (κ3) is 1.70. The molecule has 4 aliphatic rings. The third-order valence-corrected chi connectivity index (χ3v) is 6.71. The van der Waals surface area contributed by atoms with Crippen LogP contribution in [0.15, 0.2) is 12.2 Å². The molecule has 0 bridgehead atoms. The highest BCUT2D eigenvalue weighted by molar-refractivity contribution is 5.08. The minimum Gasteiger partial charge on any atom is -0.393 e. The Hall–Kier alpha value is -0.300. The van der Waals surface area contributed by atoms with Gasteiger partial charge in [-0.15, -0.1) is 0 Å². The number of allylic oxidation sites excluding steroid dienone is 2. The van der Waals surface area contributed by atoms with Gasteiger partial charge >= 0.3 is 0 Å². The summed E-state index contributed by atoms with van der Waals surface area (Å²) in [6.07, 6.45) is 15.7. The summed E-state index contributed by atoms with van der Waals surface area (Å²) >= 11 is 0. The lowest BCUT2D eigenvalue weighted by Gasteiger charge is -2.52. The minimum atomic E-state index is 0.0206. The maximum absolute atomic E-state index is 9.88. The number of fused-ring (bicyclic) bond motifs is 5. The van der Waals surface area contributed by atoms with Crippen molar-refractivity contribution < 1.29 is 5.11 Å². The molecule has 0 aromatic rings. The second kappa shape index (κ2) is 4.37. The Labute approximate surface area is 111 Å². The summed E-state index contributed by atoms with van der Waals surface area (Å²) in [7, 11) is 0. The molecule has 0 heterocycles. The van der Waals surface area contributed by atoms with Crippen LogP contribution in [0.4, 0.5) is 0 Å². The average Bonchev–Trinajstić information content (AvgIpc) is 2.86. The fourth-order valence-electron chi connectivity index (χ4n) is 5.97.